The van der Waals surface area contributed by atoms with Gasteiger partial charge in [0.1, 0.15) is 11.0 Å². The fraction of sp³-hybridized carbons (Fsp3) is 0.312. The van der Waals surface area contributed by atoms with Crippen molar-refractivity contribution in [2.75, 3.05) is 5.32 Å². The Hall–Kier alpha value is -2.61. The van der Waals surface area contributed by atoms with Crippen LogP contribution in [0.15, 0.2) is 24.3 Å². The lowest BCUT2D eigenvalue weighted by Gasteiger charge is -2.27. The highest BCUT2D eigenvalue weighted by Crippen LogP contribution is 2.28. The van der Waals surface area contributed by atoms with Crippen LogP contribution in [0.3, 0.4) is 0 Å². The van der Waals surface area contributed by atoms with E-state index in [1.807, 2.05) is 0 Å². The molecule has 3 rings (SSSR count). The fourth-order valence-corrected chi connectivity index (χ4v) is 3.30. The van der Waals surface area contributed by atoms with Crippen molar-refractivity contribution in [2.45, 2.75) is 26.8 Å². The quantitative estimate of drug-likeness (QED) is 0.858. The van der Waals surface area contributed by atoms with Crippen LogP contribution in [0.1, 0.15) is 39.6 Å². The standard InChI is InChI=1S/C16H16N4O3S/c1-8(2)12(13(21)17-16-19-18-9(3)24-16)20-14(22)10-6-4-5-7-11(10)15(20)23/h4-8,12H,1-3H3,(H,17,19,21). The van der Waals surface area contributed by atoms with Crippen molar-refractivity contribution in [3.63, 3.8) is 0 Å². The highest BCUT2D eigenvalue weighted by Gasteiger charge is 2.44. The van der Waals surface area contributed by atoms with Gasteiger partial charge in [-0.05, 0) is 25.0 Å². The first-order valence-corrected chi connectivity index (χ1v) is 8.29. The second-order valence-corrected chi connectivity index (χ2v) is 7.01. The number of hydrogen-bond acceptors (Lipinski definition) is 6. The van der Waals surface area contributed by atoms with Gasteiger partial charge >= 0.3 is 0 Å². The van der Waals surface area contributed by atoms with Crippen LogP contribution in [0.25, 0.3) is 0 Å². The largest absolute Gasteiger partial charge is 0.299 e. The zero-order chi connectivity index (χ0) is 17.4. The van der Waals surface area contributed by atoms with Gasteiger partial charge in [-0.3, -0.25) is 24.6 Å². The minimum Gasteiger partial charge on any atom is -0.299 e. The molecule has 8 heteroatoms. The van der Waals surface area contributed by atoms with Gasteiger partial charge in [-0.15, -0.1) is 10.2 Å². The van der Waals surface area contributed by atoms with Crippen molar-refractivity contribution < 1.29 is 14.4 Å². The molecule has 1 unspecified atom stereocenters. The number of carbonyl (C=O) groups is 3. The van der Waals surface area contributed by atoms with E-state index in [4.69, 9.17) is 0 Å². The maximum atomic E-state index is 12.7. The molecule has 0 saturated carbocycles. The van der Waals surface area contributed by atoms with Crippen LogP contribution in [0, 0.1) is 12.8 Å². The van der Waals surface area contributed by atoms with Crippen molar-refractivity contribution in [3.8, 4) is 0 Å². The van der Waals surface area contributed by atoms with Crippen LogP contribution in [0.5, 0.6) is 0 Å². The lowest BCUT2D eigenvalue weighted by atomic mass is 10.0. The summed E-state index contributed by atoms with van der Waals surface area (Å²) in [6, 6.07) is 5.67. The normalized spacial score (nSPS) is 14.9. The maximum absolute atomic E-state index is 12.7. The van der Waals surface area contributed by atoms with Crippen molar-refractivity contribution in [1.29, 1.82) is 0 Å². The second-order valence-electron chi connectivity index (χ2n) is 5.83. The SMILES string of the molecule is Cc1nnc(NC(=O)C(C(C)C)N2C(=O)c3ccccc3C2=O)s1. The zero-order valence-electron chi connectivity index (χ0n) is 13.4. The first-order chi connectivity index (χ1) is 11.4. The topological polar surface area (TPSA) is 92.3 Å². The second kappa shape index (κ2) is 6.12. The smallest absolute Gasteiger partial charge is 0.262 e. The van der Waals surface area contributed by atoms with E-state index in [-0.39, 0.29) is 5.92 Å². The van der Waals surface area contributed by atoms with Gasteiger partial charge in [0.15, 0.2) is 0 Å². The predicted octanol–water partition coefficient (Wildman–Crippen LogP) is 2.11. The van der Waals surface area contributed by atoms with Crippen molar-refractivity contribution in [2.24, 2.45) is 5.92 Å². The number of benzene rings is 1. The summed E-state index contributed by atoms with van der Waals surface area (Å²) < 4.78 is 0. The molecule has 1 aliphatic rings. The van der Waals surface area contributed by atoms with Crippen LogP contribution in [0.4, 0.5) is 5.13 Å². The number of fused-ring (bicyclic) bond motifs is 1. The lowest BCUT2D eigenvalue weighted by Crippen LogP contribution is -2.50. The van der Waals surface area contributed by atoms with Crippen molar-refractivity contribution in [1.82, 2.24) is 15.1 Å². The molecule has 3 amide bonds. The maximum Gasteiger partial charge on any atom is 0.262 e. The number of aryl methyl sites for hydroxylation is 1. The summed E-state index contributed by atoms with van der Waals surface area (Å²) in [5.41, 5.74) is 0.653. The third-order valence-corrected chi connectivity index (χ3v) is 4.51. The number of rotatable bonds is 4. The van der Waals surface area contributed by atoms with E-state index in [2.05, 4.69) is 15.5 Å². The third-order valence-electron chi connectivity index (χ3n) is 3.76. The van der Waals surface area contributed by atoms with Gasteiger partial charge in [-0.25, -0.2) is 0 Å². The molecule has 0 fully saturated rings. The summed E-state index contributed by atoms with van der Waals surface area (Å²) in [7, 11) is 0. The van der Waals surface area contributed by atoms with E-state index in [1.54, 1.807) is 45.0 Å². The first-order valence-electron chi connectivity index (χ1n) is 7.48. The van der Waals surface area contributed by atoms with Crippen LogP contribution in [0.2, 0.25) is 0 Å². The molecule has 0 radical (unpaired) electrons. The Morgan fingerprint density at radius 2 is 1.71 bits per heavy atom. The number of nitrogens with zero attached hydrogens (tertiary/aromatic N) is 3. The van der Waals surface area contributed by atoms with Gasteiger partial charge in [0.25, 0.3) is 11.8 Å². The minimum absolute atomic E-state index is 0.249. The fourth-order valence-electron chi connectivity index (χ4n) is 2.71. The molecule has 0 aliphatic carbocycles. The molecule has 1 aromatic carbocycles. The van der Waals surface area contributed by atoms with Crippen LogP contribution >= 0.6 is 11.3 Å². The molecule has 1 aromatic heterocycles. The molecule has 124 valence electrons. The van der Waals surface area contributed by atoms with Crippen LogP contribution in [-0.4, -0.2) is 38.9 Å². The highest BCUT2D eigenvalue weighted by molar-refractivity contribution is 7.15. The van der Waals surface area contributed by atoms with E-state index in [0.29, 0.717) is 21.3 Å². The van der Waals surface area contributed by atoms with Crippen LogP contribution in [-0.2, 0) is 4.79 Å². The molecule has 2 aromatic rings. The molecule has 1 aliphatic heterocycles. The Morgan fingerprint density at radius 3 is 2.17 bits per heavy atom. The summed E-state index contributed by atoms with van der Waals surface area (Å²) in [6.45, 7) is 5.36. The first kappa shape index (κ1) is 16.3. The van der Waals surface area contributed by atoms with E-state index in [1.165, 1.54) is 11.3 Å². The Kier molecular flexibility index (Phi) is 4.15. The Morgan fingerprint density at radius 1 is 1.12 bits per heavy atom. The Balaban J connectivity index is 1.90. The monoisotopic (exact) mass is 344 g/mol. The molecular formula is C16H16N4O3S. The molecule has 0 bridgehead atoms. The van der Waals surface area contributed by atoms with E-state index < -0.39 is 23.8 Å². The molecule has 1 atom stereocenters. The highest BCUT2D eigenvalue weighted by atomic mass is 32.1. The Labute approximate surface area is 142 Å². The summed E-state index contributed by atoms with van der Waals surface area (Å²) in [5, 5.41) is 11.4. The number of aromatic nitrogens is 2. The van der Waals surface area contributed by atoms with Gasteiger partial charge in [0.05, 0.1) is 11.1 Å². The number of nitrogens with one attached hydrogen (secondary N) is 1. The molecule has 24 heavy (non-hydrogen) atoms. The molecule has 7 nitrogen and oxygen atoms in total. The summed E-state index contributed by atoms with van der Waals surface area (Å²) in [5.74, 6) is -1.59. The summed E-state index contributed by atoms with van der Waals surface area (Å²) in [4.78, 5) is 38.9. The predicted molar refractivity (Wildman–Crippen MR) is 88.8 cm³/mol. The number of anilines is 1. The summed E-state index contributed by atoms with van der Waals surface area (Å²) in [6.07, 6.45) is 0. The molecular weight excluding hydrogens is 328 g/mol. The van der Waals surface area contributed by atoms with Crippen LogP contribution < -0.4 is 5.32 Å². The van der Waals surface area contributed by atoms with Gasteiger partial charge in [0.2, 0.25) is 11.0 Å². The van der Waals surface area contributed by atoms with Crippen molar-refractivity contribution >= 4 is 34.2 Å². The van der Waals surface area contributed by atoms with E-state index in [0.717, 1.165) is 4.90 Å². The lowest BCUT2D eigenvalue weighted by molar-refractivity contribution is -0.121. The number of imide groups is 1. The summed E-state index contributed by atoms with van der Waals surface area (Å²) >= 11 is 1.23. The molecule has 1 N–H and O–H groups in total. The molecule has 2 heterocycles. The number of amides is 3. The average molecular weight is 344 g/mol. The van der Waals surface area contributed by atoms with Gasteiger partial charge in [0, 0.05) is 0 Å². The number of hydrogen-bond donors (Lipinski definition) is 1. The van der Waals surface area contributed by atoms with Gasteiger partial charge in [-0.1, -0.05) is 37.3 Å². The molecule has 0 spiro atoms. The van der Waals surface area contributed by atoms with Crippen molar-refractivity contribution in [3.05, 3.63) is 40.4 Å². The van der Waals surface area contributed by atoms with E-state index >= 15 is 0 Å². The minimum atomic E-state index is -0.915. The zero-order valence-corrected chi connectivity index (χ0v) is 14.3. The third kappa shape index (κ3) is 2.69. The Bertz CT molecular complexity index is 795. The average Bonchev–Trinajstić information content (AvgIpc) is 3.04. The molecule has 0 saturated heterocycles. The number of carbonyl (C=O) groups excluding carboxylic acids is 3. The van der Waals surface area contributed by atoms with Gasteiger partial charge < -0.3 is 0 Å². The van der Waals surface area contributed by atoms with Gasteiger partial charge in [-0.2, -0.15) is 0 Å². The van der Waals surface area contributed by atoms with E-state index in [9.17, 15) is 14.4 Å².